The van der Waals surface area contributed by atoms with Crippen molar-refractivity contribution in [2.45, 2.75) is 50.4 Å². The van der Waals surface area contributed by atoms with Crippen molar-refractivity contribution < 1.29 is 14.6 Å². The fourth-order valence-electron chi connectivity index (χ4n) is 2.15. The second-order valence-corrected chi connectivity index (χ2v) is 5.47. The Bertz CT molecular complexity index is 430. The topological polar surface area (TPSA) is 77.2 Å². The van der Waals surface area contributed by atoms with E-state index in [9.17, 15) is 4.79 Å². The van der Waals surface area contributed by atoms with Crippen LogP contribution in [-0.2, 0) is 16.1 Å². The highest BCUT2D eigenvalue weighted by Gasteiger charge is 2.24. The van der Waals surface area contributed by atoms with Crippen LogP contribution in [0.5, 0.6) is 0 Å². The van der Waals surface area contributed by atoms with Gasteiger partial charge in [-0.1, -0.05) is 18.7 Å². The summed E-state index contributed by atoms with van der Waals surface area (Å²) in [6, 6.07) is 0. The van der Waals surface area contributed by atoms with Gasteiger partial charge in [0.05, 0.1) is 5.75 Å². The molecule has 0 spiro atoms. The standard InChI is InChI=1S/C12H19N3O3S/c1-2-6-15-11(9-5-3-4-7-18-9)13-14-12(15)19-8-10(16)17/h9H,2-8H2,1H3,(H,16,17). The van der Waals surface area contributed by atoms with Gasteiger partial charge < -0.3 is 14.4 Å². The smallest absolute Gasteiger partial charge is 0.313 e. The molecule has 1 unspecified atom stereocenters. The molecule has 1 aliphatic heterocycles. The number of rotatable bonds is 6. The van der Waals surface area contributed by atoms with E-state index in [0.717, 1.165) is 44.7 Å². The van der Waals surface area contributed by atoms with Crippen molar-refractivity contribution in [1.82, 2.24) is 14.8 Å². The summed E-state index contributed by atoms with van der Waals surface area (Å²) in [5.74, 6) is 0.00820. The van der Waals surface area contributed by atoms with Crippen LogP contribution in [0.15, 0.2) is 5.16 Å². The van der Waals surface area contributed by atoms with Crippen LogP contribution < -0.4 is 0 Å². The average Bonchev–Trinajstić information content (AvgIpc) is 2.81. The number of thioether (sulfide) groups is 1. The number of carboxylic acids is 1. The molecule has 0 amide bonds. The first-order valence-electron chi connectivity index (χ1n) is 6.61. The van der Waals surface area contributed by atoms with E-state index < -0.39 is 5.97 Å². The van der Waals surface area contributed by atoms with Gasteiger partial charge in [-0.3, -0.25) is 4.79 Å². The normalized spacial score (nSPS) is 19.5. The van der Waals surface area contributed by atoms with E-state index in [0.29, 0.717) is 5.16 Å². The van der Waals surface area contributed by atoms with Gasteiger partial charge in [-0.2, -0.15) is 0 Å². The first-order valence-corrected chi connectivity index (χ1v) is 7.60. The monoisotopic (exact) mass is 285 g/mol. The fraction of sp³-hybridized carbons (Fsp3) is 0.750. The Hall–Kier alpha value is -1.08. The minimum Gasteiger partial charge on any atom is -0.481 e. The molecule has 1 aromatic rings. The lowest BCUT2D eigenvalue weighted by Crippen LogP contribution is -2.17. The Balaban J connectivity index is 2.15. The van der Waals surface area contributed by atoms with Crippen LogP contribution in [0.2, 0.25) is 0 Å². The molecule has 1 fully saturated rings. The number of carbonyl (C=O) groups is 1. The minimum absolute atomic E-state index is 0.00646. The van der Waals surface area contributed by atoms with Crippen LogP contribution >= 0.6 is 11.8 Å². The molecule has 1 N–H and O–H groups in total. The summed E-state index contributed by atoms with van der Waals surface area (Å²) < 4.78 is 7.74. The summed E-state index contributed by atoms with van der Waals surface area (Å²) >= 11 is 1.21. The predicted octanol–water partition coefficient (Wildman–Crippen LogP) is 2.11. The van der Waals surface area contributed by atoms with Gasteiger partial charge in [-0.15, -0.1) is 10.2 Å². The summed E-state index contributed by atoms with van der Waals surface area (Å²) in [6.07, 6.45) is 4.16. The molecule has 0 radical (unpaired) electrons. The average molecular weight is 285 g/mol. The molecule has 2 heterocycles. The number of hydrogen-bond acceptors (Lipinski definition) is 5. The van der Waals surface area contributed by atoms with E-state index in [2.05, 4.69) is 17.1 Å². The Morgan fingerprint density at radius 1 is 1.53 bits per heavy atom. The van der Waals surface area contributed by atoms with Gasteiger partial charge in [-0.05, 0) is 25.7 Å². The second kappa shape index (κ2) is 6.91. The van der Waals surface area contributed by atoms with Crippen molar-refractivity contribution in [3.8, 4) is 0 Å². The Morgan fingerprint density at radius 2 is 2.37 bits per heavy atom. The van der Waals surface area contributed by atoms with Crippen LogP contribution in [0, 0.1) is 0 Å². The van der Waals surface area contributed by atoms with Gasteiger partial charge >= 0.3 is 5.97 Å². The Kier molecular flexibility index (Phi) is 5.21. The lowest BCUT2D eigenvalue weighted by molar-refractivity contribution is -0.133. The first kappa shape index (κ1) is 14.3. The number of ether oxygens (including phenoxy) is 1. The highest BCUT2D eigenvalue weighted by molar-refractivity contribution is 7.99. The lowest BCUT2D eigenvalue weighted by atomic mass is 10.1. The van der Waals surface area contributed by atoms with Crippen molar-refractivity contribution in [3.63, 3.8) is 0 Å². The van der Waals surface area contributed by atoms with E-state index in [1.165, 1.54) is 11.8 Å². The lowest BCUT2D eigenvalue weighted by Gasteiger charge is -2.22. The van der Waals surface area contributed by atoms with E-state index in [1.807, 2.05) is 4.57 Å². The minimum atomic E-state index is -0.841. The van der Waals surface area contributed by atoms with Gasteiger partial charge in [-0.25, -0.2) is 0 Å². The summed E-state index contributed by atoms with van der Waals surface area (Å²) in [7, 11) is 0. The van der Waals surface area contributed by atoms with Crippen molar-refractivity contribution in [2.24, 2.45) is 0 Å². The molecular weight excluding hydrogens is 266 g/mol. The second-order valence-electron chi connectivity index (χ2n) is 4.53. The van der Waals surface area contributed by atoms with E-state index in [4.69, 9.17) is 9.84 Å². The third kappa shape index (κ3) is 3.70. The van der Waals surface area contributed by atoms with Crippen molar-refractivity contribution in [2.75, 3.05) is 12.4 Å². The zero-order chi connectivity index (χ0) is 13.7. The van der Waals surface area contributed by atoms with Crippen LogP contribution in [0.1, 0.15) is 44.5 Å². The molecule has 1 atom stereocenters. The molecule has 1 aliphatic rings. The van der Waals surface area contributed by atoms with Crippen LogP contribution in [0.25, 0.3) is 0 Å². The Morgan fingerprint density at radius 3 is 3.00 bits per heavy atom. The molecule has 0 saturated carbocycles. The van der Waals surface area contributed by atoms with Crippen molar-refractivity contribution >= 4 is 17.7 Å². The highest BCUT2D eigenvalue weighted by Crippen LogP contribution is 2.29. The molecule has 6 nitrogen and oxygen atoms in total. The third-order valence-corrected chi connectivity index (χ3v) is 3.94. The molecule has 7 heteroatoms. The molecule has 106 valence electrons. The summed E-state index contributed by atoms with van der Waals surface area (Å²) in [5, 5.41) is 17.7. The SMILES string of the molecule is CCCn1c(SCC(=O)O)nnc1C1CCCCO1. The summed E-state index contributed by atoms with van der Waals surface area (Å²) in [4.78, 5) is 10.6. The van der Waals surface area contributed by atoms with Crippen LogP contribution in [0.3, 0.4) is 0 Å². The molecule has 1 saturated heterocycles. The Labute approximate surface area is 116 Å². The predicted molar refractivity (Wildman–Crippen MR) is 71.2 cm³/mol. The molecule has 0 aliphatic carbocycles. The maximum atomic E-state index is 10.6. The number of hydrogen-bond donors (Lipinski definition) is 1. The highest BCUT2D eigenvalue weighted by atomic mass is 32.2. The maximum Gasteiger partial charge on any atom is 0.313 e. The molecule has 2 rings (SSSR count). The number of aliphatic carboxylic acids is 1. The zero-order valence-corrected chi connectivity index (χ0v) is 11.9. The maximum absolute atomic E-state index is 10.6. The number of aromatic nitrogens is 3. The van der Waals surface area contributed by atoms with E-state index >= 15 is 0 Å². The van der Waals surface area contributed by atoms with Gasteiger partial charge in [0.2, 0.25) is 0 Å². The molecular formula is C12H19N3O3S. The van der Waals surface area contributed by atoms with Crippen LogP contribution in [0.4, 0.5) is 0 Å². The summed E-state index contributed by atoms with van der Waals surface area (Å²) in [5.41, 5.74) is 0. The third-order valence-electron chi connectivity index (χ3n) is 2.99. The van der Waals surface area contributed by atoms with Gasteiger partial charge in [0.1, 0.15) is 6.10 Å². The fourth-order valence-corrected chi connectivity index (χ4v) is 2.84. The van der Waals surface area contributed by atoms with Crippen molar-refractivity contribution in [3.05, 3.63) is 5.82 Å². The van der Waals surface area contributed by atoms with Gasteiger partial charge in [0.25, 0.3) is 0 Å². The molecule has 0 aromatic carbocycles. The van der Waals surface area contributed by atoms with Crippen molar-refractivity contribution in [1.29, 1.82) is 0 Å². The molecule has 19 heavy (non-hydrogen) atoms. The van der Waals surface area contributed by atoms with E-state index in [-0.39, 0.29) is 11.9 Å². The largest absolute Gasteiger partial charge is 0.481 e. The molecule has 0 bridgehead atoms. The van der Waals surface area contributed by atoms with Crippen LogP contribution in [-0.4, -0.2) is 38.2 Å². The number of carboxylic acid groups (broad SMARTS) is 1. The van der Waals surface area contributed by atoms with Gasteiger partial charge in [0.15, 0.2) is 11.0 Å². The quantitative estimate of drug-likeness (QED) is 0.807. The zero-order valence-electron chi connectivity index (χ0n) is 11.0. The van der Waals surface area contributed by atoms with Gasteiger partial charge in [0, 0.05) is 13.2 Å². The first-order chi connectivity index (χ1) is 9.22. The molecule has 1 aromatic heterocycles. The van der Waals surface area contributed by atoms with E-state index in [1.54, 1.807) is 0 Å². The number of nitrogens with zero attached hydrogens (tertiary/aromatic N) is 3. The summed E-state index contributed by atoms with van der Waals surface area (Å²) in [6.45, 7) is 3.64.